The maximum Gasteiger partial charge on any atom is 0.252 e. The molecule has 83 heavy (non-hydrogen) atoms. The summed E-state index contributed by atoms with van der Waals surface area (Å²) < 4.78 is 5.30. The molecule has 5 heterocycles. The first kappa shape index (κ1) is 49.0. The van der Waals surface area contributed by atoms with Gasteiger partial charge in [0.05, 0.1) is 22.4 Å². The van der Waals surface area contributed by atoms with Crippen molar-refractivity contribution in [2.24, 2.45) is 0 Å². The molecule has 0 atom stereocenters. The molecule has 0 bridgehead atoms. The van der Waals surface area contributed by atoms with Gasteiger partial charge < -0.3 is 9.13 Å². The predicted octanol–water partition coefficient (Wildman–Crippen LogP) is 18.1. The summed E-state index contributed by atoms with van der Waals surface area (Å²) in [6.45, 7) is 14.1. The lowest BCUT2D eigenvalue weighted by molar-refractivity contribution is 0.591. The molecule has 4 nitrogen and oxygen atoms in total. The van der Waals surface area contributed by atoms with Crippen molar-refractivity contribution in [3.63, 3.8) is 0 Å². The van der Waals surface area contributed by atoms with Crippen LogP contribution in [0, 0.1) is 0 Å². The van der Waals surface area contributed by atoms with E-state index < -0.39 is 0 Å². The van der Waals surface area contributed by atoms with E-state index in [2.05, 4.69) is 299 Å². The maximum absolute atomic E-state index is 5.61. The maximum atomic E-state index is 5.61. The first-order valence-electron chi connectivity index (χ1n) is 29.2. The van der Waals surface area contributed by atoms with Crippen LogP contribution in [-0.2, 0) is 10.8 Å². The molecule has 0 aliphatic carbocycles. The standard InChI is InChI=1S/C78H59BN4/c1-77(2,3)57-43-61-71-59(50-29-17-9-18-30-50)37-54(48-25-13-7-14-26-48)39-67(71)82-69-41-56(76-80-65(52-33-21-11-22-34-52)47-66(81-76)53-35-23-12-24-36-53)42-70-73(69)79(63(45-57)74(61)82)64-46-58(78(4,5)6)44-62-72-60(51-31-19-10-20-32-51)38-55(49-27-15-8-16-28-49)40-68(72)83(70)75(62)64/h7-47H,1-6H3. The molecule has 0 amide bonds. The van der Waals surface area contributed by atoms with E-state index in [1.54, 1.807) is 0 Å². The van der Waals surface area contributed by atoms with Crippen molar-refractivity contribution in [3.8, 4) is 89.8 Å². The Balaban J connectivity index is 1.13. The zero-order valence-electron chi connectivity index (χ0n) is 47.5. The third-order valence-electron chi connectivity index (χ3n) is 17.7. The number of hydrogen-bond donors (Lipinski definition) is 0. The minimum atomic E-state index is -0.162. The van der Waals surface area contributed by atoms with Crippen molar-refractivity contribution in [2.75, 3.05) is 0 Å². The quantitative estimate of drug-likeness (QED) is 0.149. The zero-order valence-corrected chi connectivity index (χ0v) is 47.5. The number of nitrogens with zero attached hydrogens (tertiary/aromatic N) is 4. The predicted molar refractivity (Wildman–Crippen MR) is 351 cm³/mol. The Labute approximate surface area is 485 Å². The van der Waals surface area contributed by atoms with E-state index >= 15 is 0 Å². The van der Waals surface area contributed by atoms with Gasteiger partial charge in [-0.15, -0.1) is 0 Å². The highest BCUT2D eigenvalue weighted by molar-refractivity contribution is 7.00. The van der Waals surface area contributed by atoms with E-state index in [0.29, 0.717) is 5.82 Å². The first-order chi connectivity index (χ1) is 40.4. The molecule has 16 rings (SSSR count). The van der Waals surface area contributed by atoms with E-state index in [4.69, 9.17) is 9.97 Å². The molecule has 0 saturated carbocycles. The third-order valence-corrected chi connectivity index (χ3v) is 17.7. The molecule has 0 unspecified atom stereocenters. The van der Waals surface area contributed by atoms with Crippen LogP contribution >= 0.6 is 0 Å². The Morgan fingerprint density at radius 2 is 0.675 bits per heavy atom. The largest absolute Gasteiger partial charge is 0.310 e. The van der Waals surface area contributed by atoms with E-state index in [1.807, 2.05) is 0 Å². The first-order valence-corrected chi connectivity index (χ1v) is 29.2. The van der Waals surface area contributed by atoms with E-state index in [9.17, 15) is 0 Å². The highest BCUT2D eigenvalue weighted by Crippen LogP contribution is 2.48. The highest BCUT2D eigenvalue weighted by Gasteiger charge is 2.43. The minimum absolute atomic E-state index is 0.128. The molecule has 0 saturated heterocycles. The van der Waals surface area contributed by atoms with Crippen molar-refractivity contribution >= 4 is 66.7 Å². The van der Waals surface area contributed by atoms with Crippen LogP contribution in [0.3, 0.4) is 0 Å². The third kappa shape index (κ3) is 7.75. The molecule has 2 aliphatic rings. The number of aromatic nitrogens is 4. The zero-order chi connectivity index (χ0) is 55.9. The fraction of sp³-hybridized carbons (Fsp3) is 0.103. The SMILES string of the molecule is CC(C)(C)c1cc2c3c(c1)c1c(-c4ccccc4)cc(-c4ccccc4)cc1n3-c1cc(-c3nc(-c4ccccc4)cc(-c4ccccc4)n3)cc3c1B2c1cc(C(C)(C)C)cc2c4c(-c5ccccc5)cc(-c5ccccc5)cc4n-3c12. The molecule has 14 aromatic rings. The topological polar surface area (TPSA) is 35.6 Å². The lowest BCUT2D eigenvalue weighted by Gasteiger charge is -2.35. The Bertz CT molecular complexity index is 4630. The summed E-state index contributed by atoms with van der Waals surface area (Å²) in [4.78, 5) is 11.2. The molecule has 0 spiro atoms. The van der Waals surface area contributed by atoms with Crippen LogP contribution in [0.1, 0.15) is 52.7 Å². The molecule has 0 radical (unpaired) electrons. The van der Waals surface area contributed by atoms with Crippen molar-refractivity contribution < 1.29 is 0 Å². The Morgan fingerprint density at radius 1 is 0.325 bits per heavy atom. The Hall–Kier alpha value is -9.84. The summed E-state index contributed by atoms with van der Waals surface area (Å²) in [5.74, 6) is 0.675. The molecular weight excluding hydrogens is 1000 g/mol. The molecular formula is C78H59BN4. The average Bonchev–Trinajstić information content (AvgIpc) is 1.78. The summed E-state index contributed by atoms with van der Waals surface area (Å²) in [7, 11) is 0. The van der Waals surface area contributed by atoms with Crippen LogP contribution in [0.2, 0.25) is 0 Å². The molecule has 0 N–H and O–H groups in total. The van der Waals surface area contributed by atoms with Gasteiger partial charge in [0.25, 0.3) is 6.71 Å². The Kier molecular flexibility index (Phi) is 10.8. The summed E-state index contributed by atoms with van der Waals surface area (Å²) >= 11 is 0. The second kappa shape index (κ2) is 18.3. The number of fused-ring (bicyclic) bond motifs is 10. The van der Waals surface area contributed by atoms with E-state index in [-0.39, 0.29) is 17.5 Å². The van der Waals surface area contributed by atoms with Crippen molar-refractivity contribution in [3.05, 3.63) is 260 Å². The fourth-order valence-electron chi connectivity index (χ4n) is 13.7. The fourth-order valence-corrected chi connectivity index (χ4v) is 13.7. The molecule has 11 aromatic carbocycles. The summed E-state index contributed by atoms with van der Waals surface area (Å²) in [6, 6.07) is 92.1. The van der Waals surface area contributed by atoms with Gasteiger partial charge in [0, 0.05) is 60.6 Å². The highest BCUT2D eigenvalue weighted by atomic mass is 15.0. The second-order valence-electron chi connectivity index (χ2n) is 24.9. The van der Waals surface area contributed by atoms with Gasteiger partial charge in [0.2, 0.25) is 0 Å². The van der Waals surface area contributed by atoms with Gasteiger partial charge in [0.1, 0.15) is 0 Å². The summed E-state index contributed by atoms with van der Waals surface area (Å²) in [5, 5.41) is 5.03. The molecule has 3 aromatic heterocycles. The van der Waals surface area contributed by atoms with Gasteiger partial charge in [-0.1, -0.05) is 236 Å². The van der Waals surface area contributed by atoms with Crippen LogP contribution in [0.25, 0.3) is 133 Å². The average molecular weight is 1060 g/mol. The van der Waals surface area contributed by atoms with Gasteiger partial charge in [0.15, 0.2) is 5.82 Å². The smallest absolute Gasteiger partial charge is 0.252 e. The summed E-state index contributed by atoms with van der Waals surface area (Å²) in [6.07, 6.45) is 0. The van der Waals surface area contributed by atoms with Gasteiger partial charge in [-0.3, -0.25) is 0 Å². The second-order valence-corrected chi connectivity index (χ2v) is 24.9. The molecule has 394 valence electrons. The van der Waals surface area contributed by atoms with Gasteiger partial charge in [-0.05, 0) is 137 Å². The van der Waals surface area contributed by atoms with Crippen LogP contribution in [0.4, 0.5) is 0 Å². The van der Waals surface area contributed by atoms with Crippen LogP contribution < -0.4 is 16.4 Å². The van der Waals surface area contributed by atoms with Gasteiger partial charge in [-0.25, -0.2) is 9.97 Å². The van der Waals surface area contributed by atoms with Gasteiger partial charge >= 0.3 is 0 Å². The van der Waals surface area contributed by atoms with Crippen molar-refractivity contribution in [1.82, 2.24) is 19.1 Å². The lowest BCUT2D eigenvalue weighted by Crippen LogP contribution is -2.59. The minimum Gasteiger partial charge on any atom is -0.310 e. The van der Waals surface area contributed by atoms with Crippen LogP contribution in [-0.4, -0.2) is 25.8 Å². The van der Waals surface area contributed by atoms with Crippen molar-refractivity contribution in [2.45, 2.75) is 52.4 Å². The van der Waals surface area contributed by atoms with Crippen LogP contribution in [0.5, 0.6) is 0 Å². The molecule has 2 aliphatic heterocycles. The number of rotatable bonds is 7. The molecule has 0 fully saturated rings. The lowest BCUT2D eigenvalue weighted by atomic mass is 9.34. The number of benzene rings is 11. The molecule has 5 heteroatoms. The van der Waals surface area contributed by atoms with Crippen molar-refractivity contribution in [1.29, 1.82) is 0 Å². The normalized spacial score (nSPS) is 12.7. The Morgan fingerprint density at radius 3 is 1.04 bits per heavy atom. The monoisotopic (exact) mass is 1060 g/mol. The van der Waals surface area contributed by atoms with E-state index in [1.165, 1.54) is 116 Å². The number of hydrogen-bond acceptors (Lipinski definition) is 2. The van der Waals surface area contributed by atoms with E-state index in [0.717, 1.165) is 39.5 Å². The van der Waals surface area contributed by atoms with Crippen LogP contribution in [0.15, 0.2) is 249 Å². The summed E-state index contributed by atoms with van der Waals surface area (Å²) in [5.41, 5.74) is 27.7. The van der Waals surface area contributed by atoms with Gasteiger partial charge in [-0.2, -0.15) is 0 Å².